The average molecular weight is 390 g/mol. The Morgan fingerprint density at radius 3 is 2.19 bits per heavy atom. The van der Waals surface area contributed by atoms with Gasteiger partial charge in [-0.3, -0.25) is 4.79 Å². The summed E-state index contributed by atoms with van der Waals surface area (Å²) in [6.07, 6.45) is 6.77. The quantitative estimate of drug-likeness (QED) is 0.805. The molecule has 0 unspecified atom stereocenters. The van der Waals surface area contributed by atoms with Crippen molar-refractivity contribution in [3.8, 4) is 5.75 Å². The lowest BCUT2D eigenvalue weighted by molar-refractivity contribution is -0.127. The number of benzene rings is 1. The summed E-state index contributed by atoms with van der Waals surface area (Å²) in [7, 11) is 0. The van der Waals surface area contributed by atoms with E-state index < -0.39 is 0 Å². The average Bonchev–Trinajstić information content (AvgIpc) is 3.17. The maximum Gasteiger partial charge on any atom is 0.258 e. The van der Waals surface area contributed by atoms with Crippen LogP contribution in [0.25, 0.3) is 0 Å². The highest BCUT2D eigenvalue weighted by molar-refractivity contribution is 8.19. The normalized spacial score (nSPS) is 35.6. The molecule has 1 aromatic carbocycles. The zero-order chi connectivity index (χ0) is 17.5. The minimum absolute atomic E-state index is 0.0495. The van der Waals surface area contributed by atoms with Crippen LogP contribution in [-0.2, 0) is 4.79 Å². The highest BCUT2D eigenvalue weighted by atomic mass is 32.2. The van der Waals surface area contributed by atoms with Crippen molar-refractivity contribution in [1.29, 1.82) is 0 Å². The van der Waals surface area contributed by atoms with Gasteiger partial charge in [-0.15, -0.1) is 23.5 Å². The summed E-state index contributed by atoms with van der Waals surface area (Å²) in [6, 6.07) is 8.69. The maximum absolute atomic E-state index is 12.4. The van der Waals surface area contributed by atoms with E-state index in [1.807, 2.05) is 35.7 Å². The summed E-state index contributed by atoms with van der Waals surface area (Å²) in [5, 5.41) is 3.32. The molecule has 6 rings (SSSR count). The molecule has 0 aromatic heterocycles. The van der Waals surface area contributed by atoms with E-state index in [0.717, 1.165) is 29.4 Å². The molecule has 1 saturated heterocycles. The van der Waals surface area contributed by atoms with E-state index in [-0.39, 0.29) is 12.5 Å². The molecule has 4 bridgehead atoms. The third-order valence-electron chi connectivity index (χ3n) is 6.70. The molecule has 4 aliphatic carbocycles. The van der Waals surface area contributed by atoms with Gasteiger partial charge in [-0.25, -0.2) is 0 Å². The van der Waals surface area contributed by atoms with E-state index in [4.69, 9.17) is 4.74 Å². The smallest absolute Gasteiger partial charge is 0.258 e. The first-order valence-electron chi connectivity index (χ1n) is 10.00. The molecule has 0 atom stereocenters. The van der Waals surface area contributed by atoms with Gasteiger partial charge in [0.15, 0.2) is 6.61 Å². The maximum atomic E-state index is 12.4. The molecule has 1 amide bonds. The minimum atomic E-state index is 0.0495. The van der Waals surface area contributed by atoms with Gasteiger partial charge in [-0.2, -0.15) is 0 Å². The van der Waals surface area contributed by atoms with Gasteiger partial charge in [-0.05, 0) is 73.5 Å². The summed E-state index contributed by atoms with van der Waals surface area (Å²) in [6.45, 7) is 0.134. The largest absolute Gasteiger partial charge is 0.484 e. The Balaban J connectivity index is 1.13. The first-order valence-corrected chi connectivity index (χ1v) is 12.1. The van der Waals surface area contributed by atoms with E-state index in [2.05, 4.69) is 17.4 Å². The molecule has 0 radical (unpaired) electrons. The second-order valence-corrected chi connectivity index (χ2v) is 11.2. The zero-order valence-electron chi connectivity index (χ0n) is 15.1. The van der Waals surface area contributed by atoms with Crippen molar-refractivity contribution in [1.82, 2.24) is 5.32 Å². The number of rotatable bonds is 5. The van der Waals surface area contributed by atoms with Crippen LogP contribution in [0.15, 0.2) is 24.3 Å². The number of thioether (sulfide) groups is 2. The lowest BCUT2D eigenvalue weighted by atomic mass is 9.54. The van der Waals surface area contributed by atoms with Crippen molar-refractivity contribution in [2.75, 3.05) is 18.1 Å². The predicted octanol–water partition coefficient (Wildman–Crippen LogP) is 4.48. The number of ether oxygens (including phenoxy) is 1. The Labute approximate surface area is 164 Å². The van der Waals surface area contributed by atoms with Gasteiger partial charge in [0.2, 0.25) is 0 Å². The molecule has 1 N–H and O–H groups in total. The van der Waals surface area contributed by atoms with Gasteiger partial charge in [-0.1, -0.05) is 12.1 Å². The number of hydrogen-bond donors (Lipinski definition) is 1. The second-order valence-electron chi connectivity index (χ2n) is 8.46. The third-order valence-corrected chi connectivity index (χ3v) is 9.80. The van der Waals surface area contributed by atoms with Crippen LogP contribution >= 0.6 is 23.5 Å². The lowest BCUT2D eigenvalue weighted by Crippen LogP contribution is -2.56. The van der Waals surface area contributed by atoms with Crippen LogP contribution in [0.2, 0.25) is 0 Å². The van der Waals surface area contributed by atoms with Gasteiger partial charge < -0.3 is 10.1 Å². The first kappa shape index (κ1) is 17.3. The number of carbonyl (C=O) groups is 1. The number of nitrogens with one attached hydrogen (secondary N) is 1. The molecule has 26 heavy (non-hydrogen) atoms. The van der Waals surface area contributed by atoms with Crippen LogP contribution < -0.4 is 10.1 Å². The Kier molecular flexibility index (Phi) is 4.86. The van der Waals surface area contributed by atoms with Crippen LogP contribution in [0.5, 0.6) is 5.75 Å². The number of amides is 1. The Morgan fingerprint density at radius 2 is 1.58 bits per heavy atom. The minimum Gasteiger partial charge on any atom is -0.484 e. The molecular weight excluding hydrogens is 362 g/mol. The van der Waals surface area contributed by atoms with Crippen LogP contribution in [0.4, 0.5) is 0 Å². The lowest BCUT2D eigenvalue weighted by Gasteiger charge is -2.54. The Hall–Kier alpha value is -0.810. The van der Waals surface area contributed by atoms with E-state index in [1.165, 1.54) is 49.2 Å². The van der Waals surface area contributed by atoms with Crippen molar-refractivity contribution in [3.63, 3.8) is 0 Å². The van der Waals surface area contributed by atoms with Crippen LogP contribution in [-0.4, -0.2) is 30.1 Å². The Bertz CT molecular complexity index is 628. The van der Waals surface area contributed by atoms with E-state index in [0.29, 0.717) is 10.6 Å². The summed E-state index contributed by atoms with van der Waals surface area (Å²) in [5.74, 6) is 6.63. The summed E-state index contributed by atoms with van der Waals surface area (Å²) in [4.78, 5) is 12.4. The molecule has 5 aliphatic rings. The van der Waals surface area contributed by atoms with Gasteiger partial charge in [0.05, 0.1) is 4.58 Å². The Morgan fingerprint density at radius 1 is 0.962 bits per heavy atom. The third kappa shape index (κ3) is 3.49. The molecule has 1 heterocycles. The summed E-state index contributed by atoms with van der Waals surface area (Å²) in [5.41, 5.74) is 1.35. The van der Waals surface area contributed by atoms with Crippen LogP contribution in [0, 0.1) is 23.7 Å². The number of hydrogen-bond acceptors (Lipinski definition) is 4. The summed E-state index contributed by atoms with van der Waals surface area (Å²) >= 11 is 4.02. The fourth-order valence-electron chi connectivity index (χ4n) is 5.81. The van der Waals surface area contributed by atoms with Gasteiger partial charge in [0, 0.05) is 17.5 Å². The molecule has 3 nitrogen and oxygen atoms in total. The SMILES string of the molecule is O=C(COc1ccc(C2SCCS2)cc1)NC1C2CC3CC(C2)CC1C3. The molecule has 4 saturated carbocycles. The van der Waals surface area contributed by atoms with Crippen molar-refractivity contribution < 1.29 is 9.53 Å². The molecule has 1 aromatic rings. The van der Waals surface area contributed by atoms with Gasteiger partial charge >= 0.3 is 0 Å². The van der Waals surface area contributed by atoms with Crippen molar-refractivity contribution in [3.05, 3.63) is 29.8 Å². The highest BCUT2D eigenvalue weighted by Crippen LogP contribution is 2.53. The van der Waals surface area contributed by atoms with Crippen LogP contribution in [0.1, 0.15) is 42.2 Å². The molecule has 5 heteroatoms. The van der Waals surface area contributed by atoms with Crippen LogP contribution in [0.3, 0.4) is 0 Å². The standard InChI is InChI=1S/C21H27NO2S2/c23-19(22-20-16-8-13-7-14(10-16)11-17(20)9-13)12-24-18-3-1-15(2-4-18)21-25-5-6-26-21/h1-4,13-14,16-17,20-21H,5-12H2,(H,22,23). The van der Waals surface area contributed by atoms with E-state index in [9.17, 15) is 4.79 Å². The monoisotopic (exact) mass is 389 g/mol. The summed E-state index contributed by atoms with van der Waals surface area (Å²) < 4.78 is 6.31. The first-order chi connectivity index (χ1) is 12.7. The molecule has 5 fully saturated rings. The van der Waals surface area contributed by atoms with Gasteiger partial charge in [0.25, 0.3) is 5.91 Å². The van der Waals surface area contributed by atoms with E-state index >= 15 is 0 Å². The van der Waals surface area contributed by atoms with Crippen molar-refractivity contribution in [2.45, 2.75) is 42.7 Å². The molecule has 0 spiro atoms. The van der Waals surface area contributed by atoms with Crippen molar-refractivity contribution in [2.24, 2.45) is 23.7 Å². The van der Waals surface area contributed by atoms with Gasteiger partial charge in [0.1, 0.15) is 5.75 Å². The zero-order valence-corrected chi connectivity index (χ0v) is 16.7. The molecule has 1 aliphatic heterocycles. The van der Waals surface area contributed by atoms with E-state index in [1.54, 1.807) is 0 Å². The highest BCUT2D eigenvalue weighted by Gasteiger charge is 2.48. The second kappa shape index (κ2) is 7.31. The number of carbonyl (C=O) groups excluding carboxylic acids is 1. The topological polar surface area (TPSA) is 38.3 Å². The fourth-order valence-corrected chi connectivity index (χ4v) is 8.67. The predicted molar refractivity (Wildman–Crippen MR) is 109 cm³/mol. The fraction of sp³-hybridized carbons (Fsp3) is 0.667. The molecular formula is C21H27NO2S2. The molecule has 140 valence electrons. The van der Waals surface area contributed by atoms with Crippen molar-refractivity contribution >= 4 is 29.4 Å².